The average Bonchev–Trinajstić information content (AvgIpc) is 2.15. The van der Waals surface area contributed by atoms with E-state index < -0.39 is 0 Å². The molecule has 0 aliphatic heterocycles. The zero-order chi connectivity index (χ0) is 10.9. The van der Waals surface area contributed by atoms with Gasteiger partial charge in [0.1, 0.15) is 0 Å². The van der Waals surface area contributed by atoms with Crippen molar-refractivity contribution in [2.75, 3.05) is 5.33 Å². The molecule has 0 aliphatic carbocycles. The highest BCUT2D eigenvalue weighted by molar-refractivity contribution is 9.12. The van der Waals surface area contributed by atoms with Crippen LogP contribution >= 0.6 is 31.9 Å². The van der Waals surface area contributed by atoms with Crippen LogP contribution in [0.5, 0.6) is 0 Å². The molecule has 1 aromatic rings. The van der Waals surface area contributed by atoms with Gasteiger partial charge in [-0.2, -0.15) is 0 Å². The summed E-state index contributed by atoms with van der Waals surface area (Å²) in [6, 6.07) is 2.27. The third-order valence-electron chi connectivity index (χ3n) is 2.87. The Kier molecular flexibility index (Phi) is 4.20. The van der Waals surface area contributed by atoms with Gasteiger partial charge in [-0.3, -0.25) is 0 Å². The fraction of sp³-hybridized carbons (Fsp3) is 0.500. The van der Waals surface area contributed by atoms with Crippen LogP contribution in [-0.2, 0) is 0 Å². The van der Waals surface area contributed by atoms with E-state index in [-0.39, 0.29) is 0 Å². The van der Waals surface area contributed by atoms with Gasteiger partial charge in [-0.1, -0.05) is 37.9 Å². The summed E-state index contributed by atoms with van der Waals surface area (Å²) in [5.74, 6) is 0. The van der Waals surface area contributed by atoms with E-state index in [1.165, 1.54) is 27.8 Å². The van der Waals surface area contributed by atoms with Gasteiger partial charge in [0.05, 0.1) is 0 Å². The number of hydrogen-bond acceptors (Lipinski definition) is 0. The second-order valence-corrected chi connectivity index (χ2v) is 5.55. The van der Waals surface area contributed by atoms with E-state index in [9.17, 15) is 0 Å². The summed E-state index contributed by atoms with van der Waals surface area (Å²) in [6.07, 6.45) is 0. The van der Waals surface area contributed by atoms with E-state index in [1.807, 2.05) is 0 Å². The predicted octanol–water partition coefficient (Wildman–Crippen LogP) is 4.75. The summed E-state index contributed by atoms with van der Waals surface area (Å²) in [6.45, 7) is 8.76. The number of aryl methyl sites for hydroxylation is 2. The Hall–Kier alpha value is 0.180. The van der Waals surface area contributed by atoms with Gasteiger partial charge in [0.15, 0.2) is 0 Å². The Morgan fingerprint density at radius 1 is 1.07 bits per heavy atom. The first-order chi connectivity index (χ1) is 6.49. The zero-order valence-electron chi connectivity index (χ0n) is 9.12. The van der Waals surface area contributed by atoms with Crippen molar-refractivity contribution in [3.63, 3.8) is 0 Å². The summed E-state index contributed by atoms with van der Waals surface area (Å²) in [5, 5.41) is 0.956. The molecule has 78 valence electrons. The number of hydrogen-bond donors (Lipinski definition) is 0. The summed E-state index contributed by atoms with van der Waals surface area (Å²) in [7, 11) is 0. The van der Waals surface area contributed by atoms with Crippen molar-refractivity contribution in [1.82, 2.24) is 0 Å². The minimum absolute atomic E-state index is 0.418. The topological polar surface area (TPSA) is 0 Å². The van der Waals surface area contributed by atoms with Gasteiger partial charge < -0.3 is 0 Å². The Bertz CT molecular complexity index is 316. The lowest BCUT2D eigenvalue weighted by Crippen LogP contribution is -2.02. The molecule has 14 heavy (non-hydrogen) atoms. The van der Waals surface area contributed by atoms with Crippen LogP contribution in [0.1, 0.15) is 32.6 Å². The second kappa shape index (κ2) is 4.80. The molecule has 1 aromatic carbocycles. The monoisotopic (exact) mass is 318 g/mol. The van der Waals surface area contributed by atoms with E-state index in [0.29, 0.717) is 4.83 Å². The molecule has 0 aromatic heterocycles. The normalized spacial score (nSPS) is 13.0. The molecular weight excluding hydrogens is 304 g/mol. The van der Waals surface area contributed by atoms with Crippen LogP contribution in [0.25, 0.3) is 0 Å². The molecule has 0 bridgehead atoms. The van der Waals surface area contributed by atoms with E-state index in [2.05, 4.69) is 65.6 Å². The first-order valence-electron chi connectivity index (χ1n) is 4.76. The van der Waals surface area contributed by atoms with E-state index >= 15 is 0 Å². The molecule has 0 saturated carbocycles. The van der Waals surface area contributed by atoms with Crippen LogP contribution in [0.4, 0.5) is 0 Å². The van der Waals surface area contributed by atoms with Gasteiger partial charge >= 0.3 is 0 Å². The molecule has 1 rings (SSSR count). The molecule has 0 amide bonds. The Labute approximate surface area is 103 Å². The smallest absolute Gasteiger partial charge is 0.0497 e. The molecule has 0 spiro atoms. The number of rotatable bonds is 2. The lowest BCUT2D eigenvalue weighted by Gasteiger charge is -2.18. The van der Waals surface area contributed by atoms with Crippen molar-refractivity contribution in [2.45, 2.75) is 32.5 Å². The largest absolute Gasteiger partial charge is 0.0912 e. The first-order valence-corrected chi connectivity index (χ1v) is 6.80. The van der Waals surface area contributed by atoms with Crippen LogP contribution in [0.2, 0.25) is 0 Å². The van der Waals surface area contributed by atoms with Gasteiger partial charge in [0.25, 0.3) is 0 Å². The molecule has 0 aliphatic rings. The molecule has 0 N–H and O–H groups in total. The summed E-state index contributed by atoms with van der Waals surface area (Å²) in [5.41, 5.74) is 7.03. The molecule has 0 heterocycles. The fourth-order valence-electron chi connectivity index (χ4n) is 1.79. The fourth-order valence-corrected chi connectivity index (χ4v) is 2.80. The number of alkyl halides is 2. The van der Waals surface area contributed by atoms with Crippen LogP contribution < -0.4 is 0 Å². The lowest BCUT2D eigenvalue weighted by molar-refractivity contribution is 1.06. The third kappa shape index (κ3) is 2.22. The van der Waals surface area contributed by atoms with Gasteiger partial charge in [0.2, 0.25) is 0 Å². The minimum Gasteiger partial charge on any atom is -0.0912 e. The van der Waals surface area contributed by atoms with E-state index in [1.54, 1.807) is 0 Å². The van der Waals surface area contributed by atoms with Gasteiger partial charge in [-0.15, -0.1) is 0 Å². The molecule has 0 saturated heterocycles. The molecule has 0 radical (unpaired) electrons. The van der Waals surface area contributed by atoms with Gasteiger partial charge in [0, 0.05) is 10.2 Å². The highest BCUT2D eigenvalue weighted by Gasteiger charge is 2.14. The molecule has 0 nitrogen and oxygen atoms in total. The Morgan fingerprint density at radius 2 is 1.50 bits per heavy atom. The van der Waals surface area contributed by atoms with Crippen LogP contribution in [0, 0.1) is 27.7 Å². The quantitative estimate of drug-likeness (QED) is 0.690. The minimum atomic E-state index is 0.418. The van der Waals surface area contributed by atoms with Crippen molar-refractivity contribution in [3.8, 4) is 0 Å². The highest BCUT2D eigenvalue weighted by atomic mass is 79.9. The highest BCUT2D eigenvalue weighted by Crippen LogP contribution is 2.33. The SMILES string of the molecule is Cc1cc(C)c(C)c(C(Br)CBr)c1C. The van der Waals surface area contributed by atoms with E-state index in [0.717, 1.165) is 5.33 Å². The second-order valence-electron chi connectivity index (χ2n) is 3.80. The number of benzene rings is 1. The number of halogens is 2. The van der Waals surface area contributed by atoms with Crippen molar-refractivity contribution in [3.05, 3.63) is 33.9 Å². The van der Waals surface area contributed by atoms with Crippen molar-refractivity contribution < 1.29 is 0 Å². The average molecular weight is 320 g/mol. The molecule has 0 fully saturated rings. The third-order valence-corrected chi connectivity index (χ3v) is 5.17. The Morgan fingerprint density at radius 3 is 1.86 bits per heavy atom. The summed E-state index contributed by atoms with van der Waals surface area (Å²) in [4.78, 5) is 0.418. The van der Waals surface area contributed by atoms with Crippen LogP contribution in [0.15, 0.2) is 6.07 Å². The standard InChI is InChI=1S/C12H16Br2/c1-7-5-8(2)10(4)12(9(7)3)11(14)6-13/h5,11H,6H2,1-4H3. The molecular formula is C12H16Br2. The maximum absolute atomic E-state index is 3.71. The van der Waals surface area contributed by atoms with Crippen molar-refractivity contribution in [2.24, 2.45) is 0 Å². The summed E-state index contributed by atoms with van der Waals surface area (Å²) < 4.78 is 0. The van der Waals surface area contributed by atoms with Crippen LogP contribution in [-0.4, -0.2) is 5.33 Å². The van der Waals surface area contributed by atoms with Crippen molar-refractivity contribution >= 4 is 31.9 Å². The first kappa shape index (κ1) is 12.3. The Balaban J connectivity index is 3.39. The summed E-state index contributed by atoms with van der Waals surface area (Å²) >= 11 is 7.23. The zero-order valence-corrected chi connectivity index (χ0v) is 12.3. The molecule has 1 unspecified atom stereocenters. The lowest BCUT2D eigenvalue weighted by atomic mass is 9.93. The van der Waals surface area contributed by atoms with E-state index in [4.69, 9.17) is 0 Å². The maximum Gasteiger partial charge on any atom is 0.0497 e. The molecule has 2 heteroatoms. The maximum atomic E-state index is 3.71. The van der Waals surface area contributed by atoms with Gasteiger partial charge in [-0.25, -0.2) is 0 Å². The van der Waals surface area contributed by atoms with Crippen molar-refractivity contribution in [1.29, 1.82) is 0 Å². The predicted molar refractivity (Wildman–Crippen MR) is 70.9 cm³/mol. The van der Waals surface area contributed by atoms with Gasteiger partial charge in [-0.05, 0) is 55.5 Å². The van der Waals surface area contributed by atoms with Crippen LogP contribution in [0.3, 0.4) is 0 Å². The molecule has 1 atom stereocenters.